The highest BCUT2D eigenvalue weighted by molar-refractivity contribution is 7.17. The zero-order valence-corrected chi connectivity index (χ0v) is 24.5. The Morgan fingerprint density at radius 2 is 1.78 bits per heavy atom. The Morgan fingerprint density at radius 1 is 1.07 bits per heavy atom. The molecule has 1 unspecified atom stereocenters. The van der Waals surface area contributed by atoms with Crippen LogP contribution in [-0.2, 0) is 14.3 Å². The molecule has 2 heterocycles. The van der Waals surface area contributed by atoms with Gasteiger partial charge in [0.15, 0.2) is 16.6 Å². The maximum atomic E-state index is 13.6. The second kappa shape index (κ2) is 12.4. The van der Waals surface area contributed by atoms with Crippen molar-refractivity contribution in [3.63, 3.8) is 0 Å². The van der Waals surface area contributed by atoms with Gasteiger partial charge in [-0.1, -0.05) is 17.4 Å². The normalized spacial score (nSPS) is 16.3. The molecule has 1 amide bonds. The number of rotatable bonds is 10. The van der Waals surface area contributed by atoms with Crippen LogP contribution in [0.1, 0.15) is 60.2 Å². The van der Waals surface area contributed by atoms with Crippen molar-refractivity contribution in [3.05, 3.63) is 69.7 Å². The van der Waals surface area contributed by atoms with Gasteiger partial charge in [-0.25, -0.2) is 9.78 Å². The van der Waals surface area contributed by atoms with Crippen LogP contribution >= 0.6 is 11.3 Å². The van der Waals surface area contributed by atoms with E-state index in [-0.39, 0.29) is 34.1 Å². The number of hydrogen-bond acceptors (Lipinski definition) is 10. The maximum Gasteiger partial charge on any atom is 0.350 e. The summed E-state index contributed by atoms with van der Waals surface area (Å²) in [6, 6.07) is 10.5. The van der Waals surface area contributed by atoms with Crippen molar-refractivity contribution < 1.29 is 38.4 Å². The Bertz CT molecular complexity index is 1490. The molecule has 1 fully saturated rings. The van der Waals surface area contributed by atoms with Gasteiger partial charge in [-0.15, -0.1) is 0 Å². The molecule has 1 aromatic heterocycles. The van der Waals surface area contributed by atoms with Crippen molar-refractivity contribution in [1.82, 2.24) is 4.98 Å². The third-order valence-electron chi connectivity index (χ3n) is 6.20. The highest BCUT2D eigenvalue weighted by Crippen LogP contribution is 2.45. The number of benzene rings is 2. The van der Waals surface area contributed by atoms with Crippen molar-refractivity contribution in [2.75, 3.05) is 25.2 Å². The van der Waals surface area contributed by atoms with E-state index in [4.69, 9.17) is 18.9 Å². The summed E-state index contributed by atoms with van der Waals surface area (Å²) in [6.07, 6.45) is -0.0457. The van der Waals surface area contributed by atoms with Crippen LogP contribution in [0.2, 0.25) is 0 Å². The van der Waals surface area contributed by atoms with Crippen molar-refractivity contribution in [2.24, 2.45) is 0 Å². The van der Waals surface area contributed by atoms with Gasteiger partial charge in [0.25, 0.3) is 5.78 Å². The Morgan fingerprint density at radius 3 is 2.39 bits per heavy atom. The van der Waals surface area contributed by atoms with E-state index in [1.807, 2.05) is 20.8 Å². The number of aryl methyl sites for hydroxylation is 1. The number of amides is 1. The molecule has 11 heteroatoms. The molecular formula is C30H32N2O8S. The maximum absolute atomic E-state index is 13.6. The van der Waals surface area contributed by atoms with Gasteiger partial charge in [0.1, 0.15) is 16.4 Å². The molecule has 10 nitrogen and oxygen atoms in total. The minimum Gasteiger partial charge on any atom is -0.507 e. The van der Waals surface area contributed by atoms with Crippen molar-refractivity contribution in [1.29, 1.82) is 0 Å². The first-order chi connectivity index (χ1) is 19.6. The van der Waals surface area contributed by atoms with Crippen molar-refractivity contribution >= 4 is 39.9 Å². The number of carbonyl (C=O) groups is 3. The minimum absolute atomic E-state index is 0.0457. The van der Waals surface area contributed by atoms with Gasteiger partial charge in [0.05, 0.1) is 43.7 Å². The molecule has 0 bridgehead atoms. The number of carbonyl (C=O) groups excluding carboxylic acids is 3. The van der Waals surface area contributed by atoms with Crippen LogP contribution in [0, 0.1) is 6.92 Å². The summed E-state index contributed by atoms with van der Waals surface area (Å²) in [4.78, 5) is 45.5. The number of anilines is 1. The molecule has 1 aliphatic rings. The lowest BCUT2D eigenvalue weighted by atomic mass is 9.95. The molecular weight excluding hydrogens is 548 g/mol. The standard InChI is InChI=1S/C30H32N2O8S/c1-7-38-21-14-11-19(15-22(21)37-6)24-23(25(33)18-9-12-20(13-10-18)40-16(3)4)26(34)28(35)32(24)30-31-17(5)27(41-30)29(36)39-8-2/h9-16,24,33H,7-8H2,1-6H3/b25-23+. The Balaban J connectivity index is 1.90. The number of methoxy groups -OCH3 is 1. The number of Topliss-reactive ketones (excluding diaryl/α,β-unsaturated/α-hetero) is 1. The van der Waals surface area contributed by atoms with Crippen LogP contribution in [0.5, 0.6) is 17.2 Å². The number of esters is 1. The number of hydrogen-bond donors (Lipinski definition) is 1. The van der Waals surface area contributed by atoms with Crippen LogP contribution in [-0.4, -0.2) is 54.2 Å². The van der Waals surface area contributed by atoms with Gasteiger partial charge in [-0.3, -0.25) is 14.5 Å². The molecule has 41 heavy (non-hydrogen) atoms. The summed E-state index contributed by atoms with van der Waals surface area (Å²) in [5.41, 5.74) is 1.01. The van der Waals surface area contributed by atoms with Gasteiger partial charge >= 0.3 is 11.9 Å². The van der Waals surface area contributed by atoms with E-state index in [0.717, 1.165) is 11.3 Å². The summed E-state index contributed by atoms with van der Waals surface area (Å²) in [5, 5.41) is 11.6. The van der Waals surface area contributed by atoms with E-state index >= 15 is 0 Å². The first kappa shape index (κ1) is 29.6. The average Bonchev–Trinajstić information content (AvgIpc) is 3.45. The zero-order chi connectivity index (χ0) is 29.8. The molecule has 1 aliphatic heterocycles. The summed E-state index contributed by atoms with van der Waals surface area (Å²) in [5.74, 6) is -1.28. The molecule has 1 atom stereocenters. The topological polar surface area (TPSA) is 124 Å². The Labute approximate surface area is 242 Å². The first-order valence-electron chi connectivity index (χ1n) is 13.1. The Hall–Kier alpha value is -4.38. The summed E-state index contributed by atoms with van der Waals surface area (Å²) in [7, 11) is 1.48. The lowest BCUT2D eigenvalue weighted by molar-refractivity contribution is -0.132. The fourth-order valence-electron chi connectivity index (χ4n) is 4.46. The van der Waals surface area contributed by atoms with Gasteiger partial charge < -0.3 is 24.1 Å². The Kier molecular flexibility index (Phi) is 8.97. The van der Waals surface area contributed by atoms with E-state index in [2.05, 4.69) is 4.98 Å². The second-order valence-electron chi connectivity index (χ2n) is 9.33. The zero-order valence-electron chi connectivity index (χ0n) is 23.7. The van der Waals surface area contributed by atoms with Crippen molar-refractivity contribution in [3.8, 4) is 17.2 Å². The van der Waals surface area contributed by atoms with Gasteiger partial charge in [-0.2, -0.15) is 0 Å². The quantitative estimate of drug-likeness (QED) is 0.144. The second-order valence-corrected chi connectivity index (χ2v) is 10.3. The highest BCUT2D eigenvalue weighted by Gasteiger charge is 2.48. The molecule has 216 valence electrons. The number of aliphatic hydroxyl groups is 1. The number of nitrogens with zero attached hydrogens (tertiary/aromatic N) is 2. The SMILES string of the molecule is CCOC(=O)c1sc(N2C(=O)C(=O)/C(=C(/O)c3ccc(OC(C)C)cc3)C2c2ccc(OCC)c(OC)c2)nc1C. The van der Waals surface area contributed by atoms with Crippen LogP contribution in [0.3, 0.4) is 0 Å². The van der Waals surface area contributed by atoms with Crippen LogP contribution < -0.4 is 19.1 Å². The van der Waals surface area contributed by atoms with Crippen LogP contribution in [0.4, 0.5) is 5.13 Å². The van der Waals surface area contributed by atoms with Gasteiger partial charge in [0, 0.05) is 5.56 Å². The van der Waals surface area contributed by atoms with E-state index < -0.39 is 23.7 Å². The predicted octanol–water partition coefficient (Wildman–Crippen LogP) is 5.45. The highest BCUT2D eigenvalue weighted by atomic mass is 32.1. The number of aliphatic hydroxyl groups excluding tert-OH is 1. The minimum atomic E-state index is -1.08. The number of thiazole rings is 1. The molecule has 1 saturated heterocycles. The predicted molar refractivity (Wildman–Crippen MR) is 154 cm³/mol. The molecule has 4 rings (SSSR count). The lowest BCUT2D eigenvalue weighted by Crippen LogP contribution is -2.29. The summed E-state index contributed by atoms with van der Waals surface area (Å²) in [6.45, 7) is 9.52. The third-order valence-corrected chi connectivity index (χ3v) is 7.34. The monoisotopic (exact) mass is 580 g/mol. The van der Waals surface area contributed by atoms with E-state index in [1.54, 1.807) is 56.3 Å². The molecule has 0 aliphatic carbocycles. The number of ether oxygens (including phenoxy) is 4. The van der Waals surface area contributed by atoms with E-state index in [9.17, 15) is 19.5 Å². The smallest absolute Gasteiger partial charge is 0.350 e. The average molecular weight is 581 g/mol. The molecule has 2 aromatic carbocycles. The largest absolute Gasteiger partial charge is 0.507 e. The first-order valence-corrected chi connectivity index (χ1v) is 14.0. The molecule has 0 saturated carbocycles. The fraction of sp³-hybridized carbons (Fsp3) is 0.333. The van der Waals surface area contributed by atoms with Crippen LogP contribution in [0.15, 0.2) is 48.0 Å². The summed E-state index contributed by atoms with van der Waals surface area (Å²) < 4.78 is 22.0. The fourth-order valence-corrected chi connectivity index (χ4v) is 5.45. The lowest BCUT2D eigenvalue weighted by Gasteiger charge is -2.24. The number of aromatic nitrogens is 1. The van der Waals surface area contributed by atoms with Gasteiger partial charge in [-0.05, 0) is 76.6 Å². The number of ketones is 1. The molecule has 0 radical (unpaired) electrons. The third kappa shape index (κ3) is 5.90. The molecule has 1 N–H and O–H groups in total. The molecule has 3 aromatic rings. The van der Waals surface area contributed by atoms with Gasteiger partial charge in [0.2, 0.25) is 0 Å². The van der Waals surface area contributed by atoms with Crippen molar-refractivity contribution in [2.45, 2.75) is 46.8 Å². The van der Waals surface area contributed by atoms with E-state index in [1.165, 1.54) is 12.0 Å². The molecule has 0 spiro atoms. The van der Waals surface area contributed by atoms with E-state index in [0.29, 0.717) is 40.7 Å². The summed E-state index contributed by atoms with van der Waals surface area (Å²) >= 11 is 0.938. The van der Waals surface area contributed by atoms with Crippen LogP contribution in [0.25, 0.3) is 5.76 Å².